The minimum absolute atomic E-state index is 0.0989. The molecule has 0 spiro atoms. The predicted octanol–water partition coefficient (Wildman–Crippen LogP) is 3.68. The van der Waals surface area contributed by atoms with Crippen molar-refractivity contribution in [3.63, 3.8) is 0 Å². The Morgan fingerprint density at radius 1 is 1.33 bits per heavy atom. The molecule has 24 heavy (non-hydrogen) atoms. The molecule has 2 amide bonds. The maximum atomic E-state index is 12.6. The van der Waals surface area contributed by atoms with Gasteiger partial charge in [-0.25, -0.2) is 4.79 Å². The lowest BCUT2D eigenvalue weighted by molar-refractivity contribution is -0.141. The van der Waals surface area contributed by atoms with Crippen LogP contribution in [0.1, 0.15) is 51.8 Å². The highest BCUT2D eigenvalue weighted by Crippen LogP contribution is 2.29. The van der Waals surface area contributed by atoms with E-state index in [1.807, 2.05) is 6.92 Å². The van der Waals surface area contributed by atoms with Crippen molar-refractivity contribution in [1.82, 2.24) is 20.0 Å². The monoisotopic (exact) mass is 346 g/mol. The number of alkyl halides is 3. The van der Waals surface area contributed by atoms with Crippen LogP contribution in [0.3, 0.4) is 0 Å². The summed E-state index contributed by atoms with van der Waals surface area (Å²) < 4.78 is 39.2. The molecule has 1 aromatic heterocycles. The molecule has 1 N–H and O–H groups in total. The second kappa shape index (κ2) is 7.44. The predicted molar refractivity (Wildman–Crippen MR) is 84.5 cm³/mol. The zero-order valence-corrected chi connectivity index (χ0v) is 14.3. The maximum Gasteiger partial charge on any atom is 0.435 e. The van der Waals surface area contributed by atoms with E-state index in [2.05, 4.69) is 24.3 Å². The highest BCUT2D eigenvalue weighted by atomic mass is 19.4. The van der Waals surface area contributed by atoms with Gasteiger partial charge >= 0.3 is 12.2 Å². The van der Waals surface area contributed by atoms with Gasteiger partial charge in [0.15, 0.2) is 5.69 Å². The summed E-state index contributed by atoms with van der Waals surface area (Å²) in [5.41, 5.74) is -0.870. The van der Waals surface area contributed by atoms with E-state index >= 15 is 0 Å². The molecule has 0 bridgehead atoms. The lowest BCUT2D eigenvalue weighted by Gasteiger charge is -2.33. The fourth-order valence-corrected chi connectivity index (χ4v) is 3.09. The van der Waals surface area contributed by atoms with Crippen molar-refractivity contribution < 1.29 is 18.0 Å². The molecule has 1 aromatic rings. The van der Waals surface area contributed by atoms with E-state index in [0.717, 1.165) is 12.5 Å². The van der Waals surface area contributed by atoms with Crippen molar-refractivity contribution in [2.45, 2.75) is 58.3 Å². The summed E-state index contributed by atoms with van der Waals surface area (Å²) in [4.78, 5) is 13.9. The smallest absolute Gasteiger partial charge is 0.336 e. The van der Waals surface area contributed by atoms with Crippen molar-refractivity contribution in [3.05, 3.63) is 18.0 Å². The number of hydrogen-bond acceptors (Lipinski definition) is 2. The van der Waals surface area contributed by atoms with Gasteiger partial charge in [-0.05, 0) is 38.2 Å². The first kappa shape index (κ1) is 18.6. The number of amides is 2. The van der Waals surface area contributed by atoms with E-state index in [4.69, 9.17) is 0 Å². The summed E-state index contributed by atoms with van der Waals surface area (Å²) in [6.07, 6.45) is -0.933. The Kier molecular flexibility index (Phi) is 5.77. The van der Waals surface area contributed by atoms with Gasteiger partial charge in [0.2, 0.25) is 0 Å². The lowest BCUT2D eigenvalue weighted by Crippen LogP contribution is -2.47. The van der Waals surface area contributed by atoms with E-state index in [0.29, 0.717) is 31.8 Å². The van der Waals surface area contributed by atoms with Gasteiger partial charge in [-0.1, -0.05) is 13.8 Å². The molecular weight excluding hydrogens is 321 g/mol. The van der Waals surface area contributed by atoms with Crippen molar-refractivity contribution in [2.75, 3.05) is 13.1 Å². The molecule has 1 fully saturated rings. The summed E-state index contributed by atoms with van der Waals surface area (Å²) in [5.74, 6) is 0.508. The molecule has 1 atom stereocenters. The SMILES string of the molecule is CC(C)CC(C)NC(=O)N1CCC(n2ccc(C(F)(F)F)n2)CC1. The van der Waals surface area contributed by atoms with Crippen LogP contribution in [-0.4, -0.2) is 39.8 Å². The number of hydrogen-bond donors (Lipinski definition) is 1. The third-order valence-corrected chi connectivity index (χ3v) is 4.22. The third kappa shape index (κ3) is 4.88. The van der Waals surface area contributed by atoms with Gasteiger partial charge in [-0.3, -0.25) is 4.68 Å². The van der Waals surface area contributed by atoms with Crippen LogP contribution in [-0.2, 0) is 6.18 Å². The second-order valence-electron chi connectivity index (χ2n) is 6.88. The van der Waals surface area contributed by atoms with Gasteiger partial charge in [-0.15, -0.1) is 0 Å². The van der Waals surface area contributed by atoms with Gasteiger partial charge < -0.3 is 10.2 Å². The Morgan fingerprint density at radius 3 is 2.46 bits per heavy atom. The highest BCUT2D eigenvalue weighted by molar-refractivity contribution is 5.74. The first-order valence-electron chi connectivity index (χ1n) is 8.34. The average Bonchev–Trinajstić information content (AvgIpc) is 2.96. The Bertz CT molecular complexity index is 548. The Morgan fingerprint density at radius 2 is 1.96 bits per heavy atom. The molecule has 1 unspecified atom stereocenters. The van der Waals surface area contributed by atoms with Crippen LogP contribution in [0.25, 0.3) is 0 Å². The number of piperidine rings is 1. The van der Waals surface area contributed by atoms with E-state index in [9.17, 15) is 18.0 Å². The third-order valence-electron chi connectivity index (χ3n) is 4.22. The Labute approximate surface area is 140 Å². The fraction of sp³-hybridized carbons (Fsp3) is 0.750. The molecule has 1 aliphatic rings. The van der Waals surface area contributed by atoms with E-state index < -0.39 is 11.9 Å². The highest BCUT2D eigenvalue weighted by Gasteiger charge is 2.34. The molecule has 5 nitrogen and oxygen atoms in total. The van der Waals surface area contributed by atoms with Gasteiger partial charge in [0.05, 0.1) is 6.04 Å². The molecule has 0 saturated carbocycles. The quantitative estimate of drug-likeness (QED) is 0.904. The molecule has 0 aromatic carbocycles. The molecule has 0 aliphatic carbocycles. The zero-order chi connectivity index (χ0) is 17.9. The van der Waals surface area contributed by atoms with E-state index in [1.54, 1.807) is 4.90 Å². The number of carbonyl (C=O) groups excluding carboxylic acids is 1. The molecule has 2 heterocycles. The minimum Gasteiger partial charge on any atom is -0.336 e. The average molecular weight is 346 g/mol. The lowest BCUT2D eigenvalue weighted by atomic mass is 10.0. The van der Waals surface area contributed by atoms with Crippen molar-refractivity contribution >= 4 is 6.03 Å². The number of nitrogens with zero attached hydrogens (tertiary/aromatic N) is 3. The summed E-state index contributed by atoms with van der Waals surface area (Å²) in [6.45, 7) is 7.23. The largest absolute Gasteiger partial charge is 0.435 e. The number of likely N-dealkylation sites (tertiary alicyclic amines) is 1. The van der Waals surface area contributed by atoms with Crippen LogP contribution >= 0.6 is 0 Å². The van der Waals surface area contributed by atoms with E-state index in [-0.39, 0.29) is 18.1 Å². The number of aromatic nitrogens is 2. The van der Waals surface area contributed by atoms with E-state index in [1.165, 1.54) is 10.9 Å². The normalized spacial score (nSPS) is 18.0. The maximum absolute atomic E-state index is 12.6. The van der Waals surface area contributed by atoms with Crippen LogP contribution in [0.15, 0.2) is 12.3 Å². The minimum atomic E-state index is -4.42. The molecule has 8 heteroatoms. The molecule has 1 saturated heterocycles. The van der Waals surface area contributed by atoms with Gasteiger partial charge in [0.1, 0.15) is 0 Å². The number of rotatable bonds is 4. The Balaban J connectivity index is 1.85. The van der Waals surface area contributed by atoms with Crippen LogP contribution in [0, 0.1) is 5.92 Å². The molecule has 0 radical (unpaired) electrons. The summed E-state index contributed by atoms with van der Waals surface area (Å²) in [7, 11) is 0. The summed E-state index contributed by atoms with van der Waals surface area (Å²) in [6, 6.07) is 0.902. The van der Waals surface area contributed by atoms with Crippen LogP contribution < -0.4 is 5.32 Å². The second-order valence-corrected chi connectivity index (χ2v) is 6.88. The van der Waals surface area contributed by atoms with Crippen molar-refractivity contribution in [1.29, 1.82) is 0 Å². The molecule has 136 valence electrons. The zero-order valence-electron chi connectivity index (χ0n) is 14.3. The van der Waals surface area contributed by atoms with Crippen LogP contribution in [0.4, 0.5) is 18.0 Å². The first-order chi connectivity index (χ1) is 11.2. The first-order valence-corrected chi connectivity index (χ1v) is 8.34. The van der Waals surface area contributed by atoms with Gasteiger partial charge in [0.25, 0.3) is 0 Å². The van der Waals surface area contributed by atoms with Gasteiger partial charge in [0, 0.05) is 25.3 Å². The number of urea groups is 1. The number of halogens is 3. The summed E-state index contributed by atoms with van der Waals surface area (Å²) >= 11 is 0. The van der Waals surface area contributed by atoms with Gasteiger partial charge in [-0.2, -0.15) is 18.3 Å². The topological polar surface area (TPSA) is 50.2 Å². The van der Waals surface area contributed by atoms with Crippen LogP contribution in [0.2, 0.25) is 0 Å². The molecular formula is C16H25F3N4O. The van der Waals surface area contributed by atoms with Crippen molar-refractivity contribution in [2.24, 2.45) is 5.92 Å². The molecule has 1 aliphatic heterocycles. The number of carbonyl (C=O) groups is 1. The Hall–Kier alpha value is -1.73. The molecule has 2 rings (SSSR count). The standard InChI is InChI=1S/C16H25F3N4O/c1-11(2)10-12(3)20-15(24)22-7-4-13(5-8-22)23-9-6-14(21-23)16(17,18)19/h6,9,11-13H,4-5,7-8,10H2,1-3H3,(H,20,24). The van der Waals surface area contributed by atoms with Crippen molar-refractivity contribution in [3.8, 4) is 0 Å². The van der Waals surface area contributed by atoms with Crippen LogP contribution in [0.5, 0.6) is 0 Å². The number of nitrogens with one attached hydrogen (secondary N) is 1. The summed E-state index contributed by atoms with van der Waals surface area (Å²) in [5, 5.41) is 6.60. The fourth-order valence-electron chi connectivity index (χ4n) is 3.09.